The fourth-order valence-corrected chi connectivity index (χ4v) is 4.33. The molecule has 7 heteroatoms. The lowest BCUT2D eigenvalue weighted by molar-refractivity contribution is 0.168. The number of imidazole rings is 1. The summed E-state index contributed by atoms with van der Waals surface area (Å²) in [7, 11) is 1.36. The molecule has 2 aromatic heterocycles. The number of fused-ring (bicyclic) bond motifs is 1. The van der Waals surface area contributed by atoms with Crippen LogP contribution in [0, 0.1) is 6.92 Å². The van der Waals surface area contributed by atoms with Gasteiger partial charge in [-0.3, -0.25) is 0 Å². The van der Waals surface area contributed by atoms with E-state index in [-0.39, 0.29) is 0 Å². The molecule has 0 fully saturated rings. The Morgan fingerprint density at radius 2 is 1.93 bits per heavy atom. The Balaban J connectivity index is 1.86. The first-order valence-corrected chi connectivity index (χ1v) is 9.94. The van der Waals surface area contributed by atoms with Crippen molar-refractivity contribution in [1.29, 1.82) is 0 Å². The summed E-state index contributed by atoms with van der Waals surface area (Å²) >= 11 is 1.65. The third-order valence-corrected chi connectivity index (χ3v) is 5.68. The number of ether oxygens (including phenoxy) is 1. The van der Waals surface area contributed by atoms with Gasteiger partial charge >= 0.3 is 6.09 Å². The molecule has 29 heavy (non-hydrogen) atoms. The van der Waals surface area contributed by atoms with Gasteiger partial charge in [0.2, 0.25) is 0 Å². The molecule has 4 rings (SSSR count). The summed E-state index contributed by atoms with van der Waals surface area (Å²) in [5, 5.41) is 7.39. The summed E-state index contributed by atoms with van der Waals surface area (Å²) in [6, 6.07) is 19.5. The summed E-state index contributed by atoms with van der Waals surface area (Å²) in [6.45, 7) is 2.03. The smallest absolute Gasteiger partial charge is 0.407 e. The van der Waals surface area contributed by atoms with Gasteiger partial charge in [0, 0.05) is 16.0 Å². The molecule has 6 nitrogen and oxygen atoms in total. The molecule has 1 unspecified atom stereocenters. The highest BCUT2D eigenvalue weighted by Gasteiger charge is 2.26. The molecule has 0 aliphatic rings. The molecule has 1 atom stereocenters. The molecular formula is C22H20N4O2S. The van der Waals surface area contributed by atoms with Crippen molar-refractivity contribution < 1.29 is 9.53 Å². The third kappa shape index (κ3) is 3.95. The number of methoxy groups -OCH3 is 1. The van der Waals surface area contributed by atoms with Crippen molar-refractivity contribution in [2.45, 2.75) is 22.8 Å². The van der Waals surface area contributed by atoms with Crippen molar-refractivity contribution in [2.24, 2.45) is 0 Å². The zero-order chi connectivity index (χ0) is 20.2. The quantitative estimate of drug-likeness (QED) is 0.525. The Labute approximate surface area is 172 Å². The van der Waals surface area contributed by atoms with Gasteiger partial charge in [-0.25, -0.2) is 14.3 Å². The van der Waals surface area contributed by atoms with Gasteiger partial charge in [0.05, 0.1) is 19.0 Å². The fourth-order valence-electron chi connectivity index (χ4n) is 3.24. The van der Waals surface area contributed by atoms with Crippen molar-refractivity contribution in [3.8, 4) is 0 Å². The second-order valence-electron chi connectivity index (χ2n) is 6.45. The van der Waals surface area contributed by atoms with Crippen LogP contribution in [0.1, 0.15) is 22.9 Å². The van der Waals surface area contributed by atoms with Gasteiger partial charge in [-0.05, 0) is 48.4 Å². The van der Waals surface area contributed by atoms with Gasteiger partial charge in [-0.15, -0.1) is 0 Å². The molecule has 0 aliphatic carbocycles. The normalized spacial score (nSPS) is 11.9. The van der Waals surface area contributed by atoms with Crippen LogP contribution in [-0.4, -0.2) is 27.8 Å². The Morgan fingerprint density at radius 1 is 1.10 bits per heavy atom. The lowest BCUT2D eigenvalue weighted by Crippen LogP contribution is -2.31. The zero-order valence-corrected chi connectivity index (χ0v) is 16.9. The highest BCUT2D eigenvalue weighted by Crippen LogP contribution is 2.37. The number of hydrogen-bond donors (Lipinski definition) is 1. The number of nitrogens with zero attached hydrogens (tertiary/aromatic N) is 3. The van der Waals surface area contributed by atoms with Crippen LogP contribution in [0.3, 0.4) is 0 Å². The molecule has 2 aromatic carbocycles. The van der Waals surface area contributed by atoms with Gasteiger partial charge < -0.3 is 10.1 Å². The van der Waals surface area contributed by atoms with Crippen LogP contribution in [0.2, 0.25) is 0 Å². The maximum absolute atomic E-state index is 12.2. The number of rotatable bonds is 5. The van der Waals surface area contributed by atoms with Gasteiger partial charge in [0.15, 0.2) is 5.65 Å². The van der Waals surface area contributed by atoms with Crippen LogP contribution in [-0.2, 0) is 4.74 Å². The molecule has 0 saturated heterocycles. The molecule has 0 aliphatic heterocycles. The summed E-state index contributed by atoms with van der Waals surface area (Å²) in [6.07, 6.45) is 2.93. The summed E-state index contributed by atoms with van der Waals surface area (Å²) in [5.41, 5.74) is 3.51. The lowest BCUT2D eigenvalue weighted by Gasteiger charge is -2.22. The highest BCUT2D eigenvalue weighted by atomic mass is 32.2. The van der Waals surface area contributed by atoms with E-state index in [1.807, 2.05) is 49.4 Å². The van der Waals surface area contributed by atoms with Crippen molar-refractivity contribution in [3.05, 3.63) is 89.9 Å². The van der Waals surface area contributed by atoms with E-state index < -0.39 is 12.1 Å². The van der Waals surface area contributed by atoms with Crippen LogP contribution in [0.4, 0.5) is 4.79 Å². The SMILES string of the molecule is COC(=O)NC(c1c(C)cccc1Sc1ccccc1)c1cnc2cccnn12. The van der Waals surface area contributed by atoms with Gasteiger partial charge in [-0.1, -0.05) is 42.1 Å². The van der Waals surface area contributed by atoms with E-state index in [0.29, 0.717) is 5.65 Å². The largest absolute Gasteiger partial charge is 0.453 e. The molecule has 0 radical (unpaired) electrons. The molecule has 4 aromatic rings. The Morgan fingerprint density at radius 3 is 2.72 bits per heavy atom. The molecular weight excluding hydrogens is 384 g/mol. The van der Waals surface area contributed by atoms with Gasteiger partial charge in [0.1, 0.15) is 6.04 Å². The van der Waals surface area contributed by atoms with E-state index in [1.165, 1.54) is 7.11 Å². The number of carbonyl (C=O) groups is 1. The van der Waals surface area contributed by atoms with Crippen molar-refractivity contribution in [3.63, 3.8) is 0 Å². The minimum atomic E-state index is -0.514. The van der Waals surface area contributed by atoms with E-state index in [9.17, 15) is 4.79 Å². The fraction of sp³-hybridized carbons (Fsp3) is 0.136. The van der Waals surface area contributed by atoms with Crippen LogP contribution < -0.4 is 5.32 Å². The topological polar surface area (TPSA) is 68.5 Å². The van der Waals surface area contributed by atoms with Crippen molar-refractivity contribution >= 4 is 23.5 Å². The molecule has 0 saturated carbocycles. The standard InChI is InChI=1S/C22H20N4O2S/c1-15-8-6-11-18(29-16-9-4-3-5-10-16)20(15)21(25-22(27)28-2)17-14-23-19-12-7-13-24-26(17)19/h3-14,21H,1-2H3,(H,25,27). The molecule has 0 bridgehead atoms. The summed E-state index contributed by atoms with van der Waals surface area (Å²) in [4.78, 5) is 18.8. The number of carbonyl (C=O) groups excluding carboxylic acids is 1. The predicted molar refractivity (Wildman–Crippen MR) is 112 cm³/mol. The number of aryl methyl sites for hydroxylation is 1. The highest BCUT2D eigenvalue weighted by molar-refractivity contribution is 7.99. The number of benzene rings is 2. The monoisotopic (exact) mass is 404 g/mol. The Kier molecular flexibility index (Phi) is 5.48. The number of aromatic nitrogens is 3. The van der Waals surface area contributed by atoms with Crippen LogP contribution in [0.25, 0.3) is 5.65 Å². The van der Waals surface area contributed by atoms with Crippen LogP contribution in [0.15, 0.2) is 82.8 Å². The molecule has 1 amide bonds. The first kappa shape index (κ1) is 19.0. The molecule has 2 heterocycles. The number of amides is 1. The second kappa shape index (κ2) is 8.36. The van der Waals surface area contributed by atoms with Crippen molar-refractivity contribution in [2.75, 3.05) is 7.11 Å². The van der Waals surface area contributed by atoms with Gasteiger partial charge in [-0.2, -0.15) is 5.10 Å². The minimum Gasteiger partial charge on any atom is -0.453 e. The first-order chi connectivity index (χ1) is 14.2. The summed E-state index contributed by atoms with van der Waals surface area (Å²) in [5.74, 6) is 0. The first-order valence-electron chi connectivity index (χ1n) is 9.13. The van der Waals surface area contributed by atoms with E-state index in [0.717, 1.165) is 26.6 Å². The average molecular weight is 404 g/mol. The van der Waals surface area contributed by atoms with Crippen LogP contribution in [0.5, 0.6) is 0 Å². The molecule has 0 spiro atoms. The van der Waals surface area contributed by atoms with Crippen molar-refractivity contribution in [1.82, 2.24) is 19.9 Å². The number of nitrogens with one attached hydrogen (secondary N) is 1. The third-order valence-electron chi connectivity index (χ3n) is 4.59. The molecule has 146 valence electrons. The Hall–Kier alpha value is -3.32. The van der Waals surface area contributed by atoms with E-state index in [2.05, 4.69) is 33.6 Å². The number of alkyl carbamates (subject to hydrolysis) is 1. The summed E-state index contributed by atoms with van der Waals surface area (Å²) < 4.78 is 6.64. The van der Waals surface area contributed by atoms with Gasteiger partial charge in [0.25, 0.3) is 0 Å². The van der Waals surface area contributed by atoms with E-state index in [4.69, 9.17) is 4.74 Å². The number of hydrogen-bond acceptors (Lipinski definition) is 5. The Bertz CT molecular complexity index is 1140. The minimum absolute atomic E-state index is 0.472. The van der Waals surface area contributed by atoms with E-state index in [1.54, 1.807) is 28.7 Å². The van der Waals surface area contributed by atoms with Crippen LogP contribution >= 0.6 is 11.8 Å². The predicted octanol–water partition coefficient (Wildman–Crippen LogP) is 4.63. The zero-order valence-electron chi connectivity index (χ0n) is 16.1. The maximum Gasteiger partial charge on any atom is 0.407 e. The average Bonchev–Trinajstić information content (AvgIpc) is 3.17. The lowest BCUT2D eigenvalue weighted by atomic mass is 9.99. The second-order valence-corrected chi connectivity index (χ2v) is 7.56. The van der Waals surface area contributed by atoms with E-state index >= 15 is 0 Å². The maximum atomic E-state index is 12.2. The molecule has 1 N–H and O–H groups in total.